The summed E-state index contributed by atoms with van der Waals surface area (Å²) in [5.41, 5.74) is 0.255. The zero-order chi connectivity index (χ0) is 19.0. The standard InChI is InChI=1S/C18H16F3N3O2/c1-26-16-8-7-14(11-23-16)12-24-17(25)22-9-3-5-13-4-2-6-15(10-13)18(19,20)21/h2,4,6-8,10-11H,9,12H2,1H3,(H2,22,24,25). The summed E-state index contributed by atoms with van der Waals surface area (Å²) >= 11 is 0. The number of hydrogen-bond donors (Lipinski definition) is 2. The topological polar surface area (TPSA) is 63.2 Å². The smallest absolute Gasteiger partial charge is 0.416 e. The van der Waals surface area contributed by atoms with Gasteiger partial charge in [-0.3, -0.25) is 0 Å². The molecular formula is C18H16F3N3O2. The minimum atomic E-state index is -4.41. The molecule has 0 spiro atoms. The first-order valence-corrected chi connectivity index (χ1v) is 7.55. The van der Waals surface area contributed by atoms with Crippen molar-refractivity contribution in [1.29, 1.82) is 0 Å². The molecule has 26 heavy (non-hydrogen) atoms. The normalized spacial score (nSPS) is 10.5. The van der Waals surface area contributed by atoms with E-state index in [4.69, 9.17) is 4.74 Å². The third-order valence-electron chi connectivity index (χ3n) is 3.22. The Balaban J connectivity index is 1.79. The van der Waals surface area contributed by atoms with Gasteiger partial charge in [0.15, 0.2) is 0 Å². The van der Waals surface area contributed by atoms with Gasteiger partial charge in [0, 0.05) is 24.4 Å². The lowest BCUT2D eigenvalue weighted by Crippen LogP contribution is -2.35. The largest absolute Gasteiger partial charge is 0.481 e. The van der Waals surface area contributed by atoms with Crippen molar-refractivity contribution in [2.45, 2.75) is 12.7 Å². The lowest BCUT2D eigenvalue weighted by Gasteiger charge is -2.06. The van der Waals surface area contributed by atoms with Crippen LogP contribution in [0.25, 0.3) is 0 Å². The van der Waals surface area contributed by atoms with Gasteiger partial charge in [-0.15, -0.1) is 0 Å². The van der Waals surface area contributed by atoms with E-state index in [2.05, 4.69) is 27.5 Å². The van der Waals surface area contributed by atoms with Crippen LogP contribution in [0.3, 0.4) is 0 Å². The molecule has 2 N–H and O–H groups in total. The molecule has 0 unspecified atom stereocenters. The summed E-state index contributed by atoms with van der Waals surface area (Å²) < 4.78 is 42.7. The molecule has 0 aliphatic rings. The summed E-state index contributed by atoms with van der Waals surface area (Å²) in [6, 6.07) is 7.69. The number of ether oxygens (including phenoxy) is 1. The number of benzene rings is 1. The highest BCUT2D eigenvalue weighted by atomic mass is 19.4. The summed E-state index contributed by atoms with van der Waals surface area (Å²) in [5, 5.41) is 5.12. The molecule has 0 saturated carbocycles. The fourth-order valence-electron chi connectivity index (χ4n) is 1.93. The number of carbonyl (C=O) groups excluding carboxylic acids is 1. The summed E-state index contributed by atoms with van der Waals surface area (Å²) in [4.78, 5) is 15.7. The van der Waals surface area contributed by atoms with Gasteiger partial charge < -0.3 is 15.4 Å². The molecule has 1 heterocycles. The lowest BCUT2D eigenvalue weighted by atomic mass is 10.1. The highest BCUT2D eigenvalue weighted by molar-refractivity contribution is 5.74. The van der Waals surface area contributed by atoms with Gasteiger partial charge in [0.05, 0.1) is 19.2 Å². The lowest BCUT2D eigenvalue weighted by molar-refractivity contribution is -0.137. The maximum Gasteiger partial charge on any atom is 0.416 e. The molecular weight excluding hydrogens is 347 g/mol. The van der Waals surface area contributed by atoms with Crippen molar-refractivity contribution in [3.8, 4) is 17.7 Å². The number of aromatic nitrogens is 1. The second-order valence-corrected chi connectivity index (χ2v) is 5.13. The fourth-order valence-corrected chi connectivity index (χ4v) is 1.93. The minimum Gasteiger partial charge on any atom is -0.481 e. The van der Waals surface area contributed by atoms with Crippen LogP contribution in [0.1, 0.15) is 16.7 Å². The van der Waals surface area contributed by atoms with Crippen LogP contribution in [0.2, 0.25) is 0 Å². The van der Waals surface area contributed by atoms with Crippen LogP contribution >= 0.6 is 0 Å². The number of pyridine rings is 1. The monoisotopic (exact) mass is 363 g/mol. The van der Waals surface area contributed by atoms with Crippen LogP contribution in [-0.4, -0.2) is 24.7 Å². The van der Waals surface area contributed by atoms with E-state index < -0.39 is 17.8 Å². The zero-order valence-corrected chi connectivity index (χ0v) is 13.9. The number of urea groups is 1. The maximum atomic E-state index is 12.6. The third kappa shape index (κ3) is 6.02. The van der Waals surface area contributed by atoms with Gasteiger partial charge in [-0.1, -0.05) is 24.0 Å². The Morgan fingerprint density at radius 3 is 2.69 bits per heavy atom. The van der Waals surface area contributed by atoms with Crippen molar-refractivity contribution >= 4 is 6.03 Å². The number of nitrogens with zero attached hydrogens (tertiary/aromatic N) is 1. The van der Waals surface area contributed by atoms with Gasteiger partial charge in [0.2, 0.25) is 5.88 Å². The Kier molecular flexibility index (Phi) is 6.44. The van der Waals surface area contributed by atoms with E-state index in [0.717, 1.165) is 17.7 Å². The highest BCUT2D eigenvalue weighted by Crippen LogP contribution is 2.29. The van der Waals surface area contributed by atoms with Crippen LogP contribution < -0.4 is 15.4 Å². The number of carbonyl (C=O) groups is 1. The molecule has 136 valence electrons. The van der Waals surface area contributed by atoms with E-state index in [-0.39, 0.29) is 18.7 Å². The van der Waals surface area contributed by atoms with Crippen molar-refractivity contribution in [2.75, 3.05) is 13.7 Å². The Morgan fingerprint density at radius 1 is 1.23 bits per heavy atom. The molecule has 0 atom stereocenters. The Labute approximate surface area is 148 Å². The maximum absolute atomic E-state index is 12.6. The summed E-state index contributed by atoms with van der Waals surface area (Å²) in [7, 11) is 1.51. The average Bonchev–Trinajstić information content (AvgIpc) is 2.63. The molecule has 2 amide bonds. The quantitative estimate of drug-likeness (QED) is 0.821. The van der Waals surface area contributed by atoms with Gasteiger partial charge in [0.1, 0.15) is 0 Å². The van der Waals surface area contributed by atoms with Gasteiger partial charge in [-0.2, -0.15) is 13.2 Å². The summed E-state index contributed by atoms with van der Waals surface area (Å²) in [6.07, 6.45) is -2.83. The van der Waals surface area contributed by atoms with E-state index in [1.807, 2.05) is 0 Å². The molecule has 0 radical (unpaired) electrons. The molecule has 0 saturated heterocycles. The zero-order valence-electron chi connectivity index (χ0n) is 13.9. The minimum absolute atomic E-state index is 0.00292. The van der Waals surface area contributed by atoms with Crippen molar-refractivity contribution in [3.05, 3.63) is 59.3 Å². The number of halogens is 3. The first-order chi connectivity index (χ1) is 12.4. The SMILES string of the molecule is COc1ccc(CNC(=O)NCC#Cc2cccc(C(F)(F)F)c2)cn1. The first kappa shape index (κ1) is 19.1. The highest BCUT2D eigenvalue weighted by Gasteiger charge is 2.30. The molecule has 1 aromatic carbocycles. The fraction of sp³-hybridized carbons (Fsp3) is 0.222. The molecule has 2 rings (SSSR count). The summed E-state index contributed by atoms with van der Waals surface area (Å²) in [5.74, 6) is 5.66. The van der Waals surface area contributed by atoms with Crippen LogP contribution in [0.4, 0.5) is 18.0 Å². The molecule has 0 fully saturated rings. The van der Waals surface area contributed by atoms with E-state index >= 15 is 0 Å². The Bertz CT molecular complexity index is 809. The average molecular weight is 363 g/mol. The van der Waals surface area contributed by atoms with Gasteiger partial charge in [-0.05, 0) is 23.8 Å². The van der Waals surface area contributed by atoms with Crippen LogP contribution in [-0.2, 0) is 12.7 Å². The molecule has 0 aliphatic carbocycles. The van der Waals surface area contributed by atoms with E-state index in [9.17, 15) is 18.0 Å². The molecule has 8 heteroatoms. The van der Waals surface area contributed by atoms with Crippen molar-refractivity contribution < 1.29 is 22.7 Å². The van der Waals surface area contributed by atoms with Crippen LogP contribution in [0, 0.1) is 11.8 Å². The Hall–Kier alpha value is -3.21. The van der Waals surface area contributed by atoms with E-state index in [1.165, 1.54) is 19.2 Å². The van der Waals surface area contributed by atoms with Crippen molar-refractivity contribution in [2.24, 2.45) is 0 Å². The van der Waals surface area contributed by atoms with E-state index in [0.29, 0.717) is 5.88 Å². The number of hydrogen-bond acceptors (Lipinski definition) is 3. The van der Waals surface area contributed by atoms with Crippen molar-refractivity contribution in [3.63, 3.8) is 0 Å². The van der Waals surface area contributed by atoms with Crippen molar-refractivity contribution in [1.82, 2.24) is 15.6 Å². The van der Waals surface area contributed by atoms with Gasteiger partial charge in [-0.25, -0.2) is 9.78 Å². The van der Waals surface area contributed by atoms with E-state index in [1.54, 1.807) is 18.3 Å². The predicted octanol–water partition coefficient (Wildman–Crippen LogP) is 2.96. The number of amides is 2. The molecule has 5 nitrogen and oxygen atoms in total. The second kappa shape index (κ2) is 8.76. The third-order valence-corrected chi connectivity index (χ3v) is 3.22. The molecule has 2 aromatic rings. The number of nitrogens with one attached hydrogen (secondary N) is 2. The van der Waals surface area contributed by atoms with Crippen LogP contribution in [0.5, 0.6) is 5.88 Å². The number of methoxy groups -OCH3 is 1. The first-order valence-electron chi connectivity index (χ1n) is 7.55. The molecule has 0 aliphatic heterocycles. The number of rotatable bonds is 4. The van der Waals surface area contributed by atoms with Crippen LogP contribution in [0.15, 0.2) is 42.6 Å². The molecule has 0 bridgehead atoms. The Morgan fingerprint density at radius 2 is 2.04 bits per heavy atom. The number of alkyl halides is 3. The van der Waals surface area contributed by atoms with Gasteiger partial charge >= 0.3 is 12.2 Å². The molecule has 1 aromatic heterocycles. The summed E-state index contributed by atoms with van der Waals surface area (Å²) in [6.45, 7) is 0.271. The van der Waals surface area contributed by atoms with Gasteiger partial charge in [0.25, 0.3) is 0 Å². The second-order valence-electron chi connectivity index (χ2n) is 5.13. The predicted molar refractivity (Wildman–Crippen MR) is 89.3 cm³/mol.